The van der Waals surface area contributed by atoms with Crippen molar-refractivity contribution < 1.29 is 4.42 Å². The van der Waals surface area contributed by atoms with Crippen LogP contribution in [0.5, 0.6) is 0 Å². The zero-order valence-electron chi connectivity index (χ0n) is 10.3. The van der Waals surface area contributed by atoms with Crippen LogP contribution in [-0.4, -0.2) is 31.1 Å². The smallest absolute Gasteiger partial charge is 0.117 e. The van der Waals surface area contributed by atoms with Gasteiger partial charge in [-0.15, -0.1) is 0 Å². The second-order valence-corrected chi connectivity index (χ2v) is 4.80. The molecule has 1 aliphatic heterocycles. The number of furan rings is 1. The first-order chi connectivity index (χ1) is 7.79. The van der Waals surface area contributed by atoms with Crippen molar-refractivity contribution in [2.24, 2.45) is 11.8 Å². The Kier molecular flexibility index (Phi) is 4.02. The minimum atomic E-state index is 0.787. The highest BCUT2D eigenvalue weighted by atomic mass is 16.3. The van der Waals surface area contributed by atoms with Gasteiger partial charge < -0.3 is 9.73 Å². The summed E-state index contributed by atoms with van der Waals surface area (Å²) in [4.78, 5) is 2.47. The van der Waals surface area contributed by atoms with Crippen molar-refractivity contribution in [1.29, 1.82) is 0 Å². The quantitative estimate of drug-likeness (QED) is 0.825. The lowest BCUT2D eigenvalue weighted by molar-refractivity contribution is 0.206. The summed E-state index contributed by atoms with van der Waals surface area (Å²) >= 11 is 0. The normalized spacial score (nSPS) is 25.4. The highest BCUT2D eigenvalue weighted by Gasteiger charge is 2.24. The van der Waals surface area contributed by atoms with E-state index in [0.717, 1.165) is 37.2 Å². The zero-order chi connectivity index (χ0) is 11.4. The van der Waals surface area contributed by atoms with Crippen LogP contribution >= 0.6 is 0 Å². The number of hydrogen-bond acceptors (Lipinski definition) is 3. The Labute approximate surface area is 97.8 Å². The predicted octanol–water partition coefficient (Wildman–Crippen LogP) is 1.96. The lowest BCUT2D eigenvalue weighted by atomic mass is 9.97. The Morgan fingerprint density at radius 1 is 1.50 bits per heavy atom. The first-order valence-electron chi connectivity index (χ1n) is 6.25. The third kappa shape index (κ3) is 2.86. The van der Waals surface area contributed by atoms with Crippen molar-refractivity contribution >= 4 is 0 Å². The molecule has 0 amide bonds. The van der Waals surface area contributed by atoms with Crippen molar-refractivity contribution in [3.63, 3.8) is 0 Å². The Bertz CT molecular complexity index is 297. The minimum Gasteiger partial charge on any atom is -0.468 e. The molecule has 1 aromatic rings. The first kappa shape index (κ1) is 11.7. The fraction of sp³-hybridized carbons (Fsp3) is 0.692. The summed E-state index contributed by atoms with van der Waals surface area (Å²) < 4.78 is 5.40. The first-order valence-corrected chi connectivity index (χ1v) is 6.25. The van der Waals surface area contributed by atoms with Gasteiger partial charge in [0.1, 0.15) is 5.76 Å². The van der Waals surface area contributed by atoms with Crippen LogP contribution < -0.4 is 5.32 Å². The Morgan fingerprint density at radius 2 is 2.38 bits per heavy atom. The number of rotatable bonds is 5. The summed E-state index contributed by atoms with van der Waals surface area (Å²) in [5.74, 6) is 2.65. The number of nitrogens with zero attached hydrogens (tertiary/aromatic N) is 1. The molecule has 0 bridgehead atoms. The van der Waals surface area contributed by atoms with Crippen LogP contribution in [-0.2, 0) is 6.54 Å². The topological polar surface area (TPSA) is 28.4 Å². The fourth-order valence-electron chi connectivity index (χ4n) is 2.37. The lowest BCUT2D eigenvalue weighted by Gasteiger charge is -2.24. The summed E-state index contributed by atoms with van der Waals surface area (Å²) in [6.45, 7) is 10.1. The Hall–Kier alpha value is -0.800. The summed E-state index contributed by atoms with van der Waals surface area (Å²) in [6, 6.07) is 4.02. The summed E-state index contributed by atoms with van der Waals surface area (Å²) in [7, 11) is 0. The van der Waals surface area contributed by atoms with Gasteiger partial charge in [-0.1, -0.05) is 13.8 Å². The maximum atomic E-state index is 5.40. The second kappa shape index (κ2) is 5.51. The van der Waals surface area contributed by atoms with Crippen molar-refractivity contribution in [3.05, 3.63) is 24.2 Å². The Balaban J connectivity index is 1.85. The molecule has 3 nitrogen and oxygen atoms in total. The van der Waals surface area contributed by atoms with Crippen LogP contribution in [0.3, 0.4) is 0 Å². The van der Waals surface area contributed by atoms with Crippen molar-refractivity contribution in [2.45, 2.75) is 20.4 Å². The van der Waals surface area contributed by atoms with E-state index < -0.39 is 0 Å². The average Bonchev–Trinajstić information content (AvgIpc) is 2.90. The van der Waals surface area contributed by atoms with Gasteiger partial charge in [0.25, 0.3) is 0 Å². The van der Waals surface area contributed by atoms with Crippen LogP contribution in [0.25, 0.3) is 0 Å². The molecular formula is C13H22N2O. The summed E-state index contributed by atoms with van der Waals surface area (Å²) in [6.07, 6.45) is 1.75. The van der Waals surface area contributed by atoms with E-state index in [-0.39, 0.29) is 0 Å². The van der Waals surface area contributed by atoms with E-state index in [4.69, 9.17) is 4.42 Å². The molecule has 0 aromatic carbocycles. The van der Waals surface area contributed by atoms with E-state index in [2.05, 4.69) is 30.1 Å². The molecule has 90 valence electrons. The van der Waals surface area contributed by atoms with E-state index in [1.54, 1.807) is 6.26 Å². The van der Waals surface area contributed by atoms with E-state index in [1.165, 1.54) is 13.1 Å². The van der Waals surface area contributed by atoms with Crippen LogP contribution in [0.2, 0.25) is 0 Å². The molecule has 0 radical (unpaired) electrons. The van der Waals surface area contributed by atoms with Gasteiger partial charge >= 0.3 is 0 Å². The average molecular weight is 222 g/mol. The van der Waals surface area contributed by atoms with Crippen LogP contribution in [0.15, 0.2) is 22.8 Å². The van der Waals surface area contributed by atoms with Crippen molar-refractivity contribution in [1.82, 2.24) is 10.2 Å². The van der Waals surface area contributed by atoms with Crippen LogP contribution in [0, 0.1) is 11.8 Å². The van der Waals surface area contributed by atoms with E-state index >= 15 is 0 Å². The van der Waals surface area contributed by atoms with Gasteiger partial charge in [-0.25, -0.2) is 0 Å². The summed E-state index contributed by atoms with van der Waals surface area (Å²) in [5.41, 5.74) is 0. The predicted molar refractivity (Wildman–Crippen MR) is 65.2 cm³/mol. The molecule has 0 unspecified atom stereocenters. The zero-order valence-corrected chi connectivity index (χ0v) is 10.3. The monoisotopic (exact) mass is 222 g/mol. The number of hydrogen-bond donors (Lipinski definition) is 1. The lowest BCUT2D eigenvalue weighted by Crippen LogP contribution is -2.31. The third-order valence-electron chi connectivity index (χ3n) is 3.58. The van der Waals surface area contributed by atoms with E-state index in [1.807, 2.05) is 6.07 Å². The van der Waals surface area contributed by atoms with Crippen molar-refractivity contribution in [3.8, 4) is 0 Å². The van der Waals surface area contributed by atoms with Gasteiger partial charge in [0, 0.05) is 6.54 Å². The molecule has 3 heteroatoms. The molecule has 1 saturated heterocycles. The molecule has 0 saturated carbocycles. The van der Waals surface area contributed by atoms with Gasteiger partial charge in [-0.2, -0.15) is 0 Å². The van der Waals surface area contributed by atoms with E-state index in [9.17, 15) is 0 Å². The molecule has 16 heavy (non-hydrogen) atoms. The second-order valence-electron chi connectivity index (χ2n) is 4.80. The van der Waals surface area contributed by atoms with E-state index in [0.29, 0.717) is 0 Å². The van der Waals surface area contributed by atoms with Gasteiger partial charge in [0.15, 0.2) is 0 Å². The summed E-state index contributed by atoms with van der Waals surface area (Å²) in [5, 5.41) is 3.46. The molecule has 2 atom stereocenters. The molecule has 2 heterocycles. The van der Waals surface area contributed by atoms with Gasteiger partial charge in [-0.05, 0) is 43.6 Å². The Morgan fingerprint density at radius 3 is 2.94 bits per heavy atom. The highest BCUT2D eigenvalue weighted by Crippen LogP contribution is 2.18. The molecule has 0 spiro atoms. The molecule has 1 aromatic heterocycles. The minimum absolute atomic E-state index is 0.787. The standard InChI is InChI=1S/C13H22N2O/c1-3-15(10-13-5-4-6-16-13)9-12-8-14-7-11(12)2/h4-6,11-12,14H,3,7-10H2,1-2H3/t11-,12+/m1/s1. The van der Waals surface area contributed by atoms with Crippen LogP contribution in [0.4, 0.5) is 0 Å². The maximum Gasteiger partial charge on any atom is 0.117 e. The molecule has 1 aliphatic rings. The molecule has 1 N–H and O–H groups in total. The van der Waals surface area contributed by atoms with Crippen molar-refractivity contribution in [2.75, 3.05) is 26.2 Å². The maximum absolute atomic E-state index is 5.40. The largest absolute Gasteiger partial charge is 0.468 e. The SMILES string of the molecule is CCN(Cc1ccco1)C[C@@H]1CNC[C@H]1C. The molecule has 0 aliphatic carbocycles. The third-order valence-corrected chi connectivity index (χ3v) is 3.58. The molecule has 1 fully saturated rings. The molecular weight excluding hydrogens is 200 g/mol. The van der Waals surface area contributed by atoms with Gasteiger partial charge in [-0.3, -0.25) is 4.90 Å². The van der Waals surface area contributed by atoms with Gasteiger partial charge in [0.2, 0.25) is 0 Å². The fourth-order valence-corrected chi connectivity index (χ4v) is 2.37. The van der Waals surface area contributed by atoms with Crippen LogP contribution in [0.1, 0.15) is 19.6 Å². The highest BCUT2D eigenvalue weighted by molar-refractivity contribution is 4.98. The molecule has 2 rings (SSSR count). The number of nitrogens with one attached hydrogen (secondary N) is 1. The van der Waals surface area contributed by atoms with Gasteiger partial charge in [0.05, 0.1) is 12.8 Å².